The first-order chi connectivity index (χ1) is 31.4. The monoisotopic (exact) mass is 957 g/mol. The lowest BCUT2D eigenvalue weighted by Crippen LogP contribution is -2.47. The van der Waals surface area contributed by atoms with Gasteiger partial charge >= 0.3 is 0 Å². The van der Waals surface area contributed by atoms with Crippen molar-refractivity contribution in [3.63, 3.8) is 0 Å². The molecule has 3 aromatic carbocycles. The highest BCUT2D eigenvalue weighted by atomic mass is 35.5. The third kappa shape index (κ3) is 11.5. The number of halogens is 1. The number of carbonyl (C=O) groups excluding carboxylic acids is 1. The number of carbonyl (C=O) groups is 1. The second-order valence-corrected chi connectivity index (χ2v) is 22.5. The maximum absolute atomic E-state index is 14.0. The van der Waals surface area contributed by atoms with Gasteiger partial charge in [-0.15, -0.1) is 0 Å². The topological polar surface area (TPSA) is 216 Å². The standard InChI is InChI=1S/C47H56ClN9O7S2/c1-47(2)18-16-34(41(27-47)32-6-8-35(48)9-7-32)30-55-20-22-56(23-21-55)37-12-14-40(44(25-37)64-38-24-33-17-19-50-45(33)52-29-38)46(58)54-66(62,63)39-13-15-42(43(26-39)57(59)60)51-28-31-4-10-36(11-5-31)53-65(3,49)61/h6-9,12-15,17,19,24-26,29,31,36,51H,4-5,10-11,16,18,20-23,27-28,30H2,1-3H3,(H,50,52)(H,54,58)(H2,49,53,61). The fourth-order valence-corrected chi connectivity index (χ4v) is 11.2. The first-order valence-corrected chi connectivity index (χ1v) is 26.0. The van der Waals surface area contributed by atoms with Crippen LogP contribution in [0, 0.1) is 26.2 Å². The van der Waals surface area contributed by atoms with Gasteiger partial charge in [0.25, 0.3) is 21.6 Å². The molecule has 0 bridgehead atoms. The zero-order valence-electron chi connectivity index (χ0n) is 37.3. The number of hydrogen-bond donors (Lipinski definition) is 5. The Balaban J connectivity index is 0.974. The Morgan fingerprint density at radius 3 is 2.45 bits per heavy atom. The number of benzene rings is 3. The lowest BCUT2D eigenvalue weighted by atomic mass is 9.72. The van der Waals surface area contributed by atoms with Gasteiger partial charge in [0, 0.05) is 86.0 Å². The van der Waals surface area contributed by atoms with Gasteiger partial charge < -0.3 is 19.9 Å². The number of nitrogens with zero attached hydrogens (tertiary/aromatic N) is 4. The molecule has 1 amide bonds. The molecule has 2 aliphatic carbocycles. The van der Waals surface area contributed by atoms with E-state index < -0.39 is 41.4 Å². The number of nitro groups is 1. The summed E-state index contributed by atoms with van der Waals surface area (Å²) in [6.45, 7) is 8.97. The van der Waals surface area contributed by atoms with E-state index in [0.717, 1.165) is 73.9 Å². The Morgan fingerprint density at radius 2 is 1.74 bits per heavy atom. The normalized spacial score (nSPS) is 20.2. The van der Waals surface area contributed by atoms with Crippen LogP contribution in [0.15, 0.2) is 95.7 Å². The number of nitro benzene ring substituents is 1. The molecule has 16 nitrogen and oxygen atoms in total. The van der Waals surface area contributed by atoms with E-state index in [9.17, 15) is 27.5 Å². The molecule has 8 rings (SSSR count). The molecule has 19 heteroatoms. The van der Waals surface area contributed by atoms with E-state index in [-0.39, 0.29) is 34.4 Å². The van der Waals surface area contributed by atoms with Crippen LogP contribution in [0.1, 0.15) is 74.7 Å². The van der Waals surface area contributed by atoms with Crippen molar-refractivity contribution in [2.24, 2.45) is 11.3 Å². The average molecular weight is 959 g/mol. The van der Waals surface area contributed by atoms with Crippen molar-refractivity contribution in [3.8, 4) is 11.5 Å². The number of H-pyrrole nitrogens is 1. The number of rotatable bonds is 15. The molecule has 0 spiro atoms. The molecule has 350 valence electrons. The predicted molar refractivity (Wildman–Crippen MR) is 259 cm³/mol. The van der Waals surface area contributed by atoms with Crippen LogP contribution >= 0.6 is 11.6 Å². The van der Waals surface area contributed by atoms with Crippen LogP contribution in [-0.2, 0) is 19.9 Å². The lowest BCUT2D eigenvalue weighted by molar-refractivity contribution is -0.384. The first-order valence-electron chi connectivity index (χ1n) is 22.2. The Morgan fingerprint density at radius 1 is 1.00 bits per heavy atom. The highest BCUT2D eigenvalue weighted by Crippen LogP contribution is 2.43. The minimum absolute atomic E-state index is 0.0304. The van der Waals surface area contributed by atoms with Crippen LogP contribution in [0.4, 0.5) is 17.1 Å². The summed E-state index contributed by atoms with van der Waals surface area (Å²) < 4.78 is 58.3. The number of sulfonamides is 1. The zero-order chi connectivity index (χ0) is 46.8. The SMILES string of the molecule is CC1(C)CCC(CN2CCN(c3ccc(C(=O)NS(=O)(=O)c4ccc(NCC5CCC(NS(C)(=N)=O)CC5)c([N+](=O)[O-])c4)c(Oc4cnc5[nH]ccc5c4)c3)CC2)=C(c2ccc(Cl)cc2)C1. The maximum atomic E-state index is 14.0. The van der Waals surface area contributed by atoms with Crippen LogP contribution in [0.5, 0.6) is 11.5 Å². The highest BCUT2D eigenvalue weighted by Gasteiger charge is 2.31. The summed E-state index contributed by atoms with van der Waals surface area (Å²) in [6, 6.07) is 20.2. The van der Waals surface area contributed by atoms with Crippen molar-refractivity contribution < 1.29 is 27.1 Å². The zero-order valence-corrected chi connectivity index (χ0v) is 39.7. The van der Waals surface area contributed by atoms with Gasteiger partial charge in [-0.1, -0.05) is 43.2 Å². The Bertz CT molecular complexity index is 2870. The molecule has 66 heavy (non-hydrogen) atoms. The van der Waals surface area contributed by atoms with Crippen LogP contribution in [0.3, 0.4) is 0 Å². The Kier molecular flexibility index (Phi) is 13.8. The van der Waals surface area contributed by atoms with Crippen molar-refractivity contribution in [1.82, 2.24) is 24.3 Å². The van der Waals surface area contributed by atoms with Crippen molar-refractivity contribution in [2.75, 3.05) is 55.7 Å². The first kappa shape index (κ1) is 47.0. The maximum Gasteiger partial charge on any atom is 0.293 e. The smallest absolute Gasteiger partial charge is 0.293 e. The average Bonchev–Trinajstić information content (AvgIpc) is 3.75. The second-order valence-electron chi connectivity index (χ2n) is 18.5. The Hall–Kier alpha value is -5.53. The molecule has 1 saturated carbocycles. The molecule has 3 heterocycles. The number of fused-ring (bicyclic) bond motifs is 1. The summed E-state index contributed by atoms with van der Waals surface area (Å²) in [5.74, 6) is -0.356. The molecule has 1 unspecified atom stereocenters. The van der Waals surface area contributed by atoms with Crippen LogP contribution in [0.2, 0.25) is 5.02 Å². The summed E-state index contributed by atoms with van der Waals surface area (Å²) in [4.78, 5) is 37.2. The third-order valence-electron chi connectivity index (χ3n) is 12.9. The van der Waals surface area contributed by atoms with Crippen molar-refractivity contribution in [2.45, 2.75) is 69.7 Å². The number of allylic oxidation sites excluding steroid dienone is 1. The van der Waals surface area contributed by atoms with Gasteiger partial charge in [0.05, 0.1) is 21.6 Å². The largest absolute Gasteiger partial charge is 0.455 e. The van der Waals surface area contributed by atoms with Crippen molar-refractivity contribution >= 4 is 71.1 Å². The number of ether oxygens (including phenoxy) is 1. The van der Waals surface area contributed by atoms with Crippen molar-refractivity contribution in [3.05, 3.63) is 117 Å². The molecule has 2 aromatic heterocycles. The minimum atomic E-state index is -4.60. The van der Waals surface area contributed by atoms with E-state index in [0.29, 0.717) is 43.9 Å². The number of aromatic nitrogens is 2. The van der Waals surface area contributed by atoms with Crippen molar-refractivity contribution in [1.29, 1.82) is 4.78 Å². The van der Waals surface area contributed by atoms with Gasteiger partial charge in [0.1, 0.15) is 32.7 Å². The highest BCUT2D eigenvalue weighted by molar-refractivity contribution is 7.90. The van der Waals surface area contributed by atoms with Gasteiger partial charge in [0.2, 0.25) is 0 Å². The summed E-state index contributed by atoms with van der Waals surface area (Å²) in [7, 11) is -7.43. The summed E-state index contributed by atoms with van der Waals surface area (Å²) in [5, 5.41) is 16.8. The lowest BCUT2D eigenvalue weighted by Gasteiger charge is -2.39. The number of aromatic amines is 1. The Labute approximate surface area is 390 Å². The van der Waals surface area contributed by atoms with E-state index in [4.69, 9.17) is 21.1 Å². The fourth-order valence-electron chi connectivity index (χ4n) is 9.25. The molecule has 1 saturated heterocycles. The van der Waals surface area contributed by atoms with Crippen LogP contribution in [0.25, 0.3) is 16.6 Å². The molecule has 3 aliphatic rings. The number of hydrogen-bond acceptors (Lipinski definition) is 12. The molecular formula is C47H56ClN9O7S2. The minimum Gasteiger partial charge on any atom is -0.455 e. The molecular weight excluding hydrogens is 902 g/mol. The quantitative estimate of drug-likeness (QED) is 0.0493. The van der Waals surface area contributed by atoms with Crippen LogP contribution < -0.4 is 24.4 Å². The van der Waals surface area contributed by atoms with Gasteiger partial charge in [0.15, 0.2) is 0 Å². The molecule has 5 aromatic rings. The summed E-state index contributed by atoms with van der Waals surface area (Å²) in [6.07, 6.45) is 10.7. The second kappa shape index (κ2) is 19.4. The number of anilines is 2. The number of piperazine rings is 1. The number of nitrogens with one attached hydrogen (secondary N) is 5. The number of pyridine rings is 1. The summed E-state index contributed by atoms with van der Waals surface area (Å²) >= 11 is 6.24. The summed E-state index contributed by atoms with van der Waals surface area (Å²) in [5.41, 5.74) is 5.38. The number of amides is 1. The third-order valence-corrected chi connectivity index (χ3v) is 15.2. The predicted octanol–water partition coefficient (Wildman–Crippen LogP) is 8.97. The molecule has 0 radical (unpaired) electrons. The van der Waals surface area contributed by atoms with E-state index in [2.05, 4.69) is 60.5 Å². The van der Waals surface area contributed by atoms with E-state index >= 15 is 0 Å². The van der Waals surface area contributed by atoms with E-state index in [1.807, 2.05) is 18.2 Å². The molecule has 2 fully saturated rings. The van der Waals surface area contributed by atoms with Gasteiger partial charge in [-0.05, 0) is 116 Å². The van der Waals surface area contributed by atoms with Crippen LogP contribution in [-0.4, -0.2) is 89.9 Å². The van der Waals surface area contributed by atoms with Gasteiger partial charge in [-0.3, -0.25) is 19.8 Å². The van der Waals surface area contributed by atoms with Gasteiger partial charge in [-0.2, -0.15) is 0 Å². The molecule has 1 aliphatic heterocycles. The molecule has 1 atom stereocenters. The van der Waals surface area contributed by atoms with E-state index in [1.165, 1.54) is 47.4 Å². The fraction of sp³-hybridized carbons (Fsp3) is 0.404. The van der Waals surface area contributed by atoms with Gasteiger partial charge in [-0.25, -0.2) is 31.8 Å². The molecule has 5 N–H and O–H groups in total. The van der Waals surface area contributed by atoms with E-state index in [1.54, 1.807) is 24.4 Å².